The molecule has 0 aliphatic rings. The van der Waals surface area contributed by atoms with E-state index in [1.165, 1.54) is 12.5 Å². The summed E-state index contributed by atoms with van der Waals surface area (Å²) in [7, 11) is 1.77. The van der Waals surface area contributed by atoms with Gasteiger partial charge in [-0.3, -0.25) is 4.79 Å². The quantitative estimate of drug-likeness (QED) is 0.840. The van der Waals surface area contributed by atoms with Crippen LogP contribution in [0.1, 0.15) is 30.6 Å². The van der Waals surface area contributed by atoms with Crippen molar-refractivity contribution in [2.45, 2.75) is 20.3 Å². The second kappa shape index (κ2) is 8.19. The van der Waals surface area contributed by atoms with E-state index >= 15 is 0 Å². The normalized spacial score (nSPS) is 11.6. The van der Waals surface area contributed by atoms with Crippen LogP contribution >= 0.6 is 0 Å². The van der Waals surface area contributed by atoms with E-state index in [1.807, 2.05) is 0 Å². The zero-order chi connectivity index (χ0) is 17.5. The minimum absolute atomic E-state index is 0.173. The molecular formula is C18H23N3O3. The van der Waals surface area contributed by atoms with E-state index in [4.69, 9.17) is 4.42 Å². The summed E-state index contributed by atoms with van der Waals surface area (Å²) in [5.74, 6) is 0.183. The topological polar surface area (TPSA) is 74.6 Å². The minimum atomic E-state index is -0.263. The summed E-state index contributed by atoms with van der Waals surface area (Å²) in [5, 5.41) is 5.60. The first-order valence-corrected chi connectivity index (χ1v) is 7.95. The molecule has 3 amide bonds. The predicted molar refractivity (Wildman–Crippen MR) is 94.2 cm³/mol. The number of furan rings is 1. The number of anilines is 2. The van der Waals surface area contributed by atoms with Crippen LogP contribution in [0.15, 0.2) is 47.3 Å². The third-order valence-electron chi connectivity index (χ3n) is 3.78. The van der Waals surface area contributed by atoms with Crippen molar-refractivity contribution in [3.8, 4) is 0 Å². The lowest BCUT2D eigenvalue weighted by Gasteiger charge is -2.21. The summed E-state index contributed by atoms with van der Waals surface area (Å²) in [6.07, 6.45) is 3.84. The molecule has 6 nitrogen and oxygen atoms in total. The number of amides is 3. The maximum Gasteiger partial charge on any atom is 0.321 e. The van der Waals surface area contributed by atoms with Crippen molar-refractivity contribution in [1.29, 1.82) is 0 Å². The molecule has 0 aliphatic heterocycles. The molecule has 128 valence electrons. The Labute approximate surface area is 141 Å². The number of nitrogens with zero attached hydrogens (tertiary/aromatic N) is 1. The van der Waals surface area contributed by atoms with Gasteiger partial charge in [-0.2, -0.15) is 0 Å². The Bertz CT molecular complexity index is 683. The van der Waals surface area contributed by atoms with Crippen LogP contribution in [0.2, 0.25) is 0 Å². The van der Waals surface area contributed by atoms with Crippen LogP contribution in [0.3, 0.4) is 0 Å². The Morgan fingerprint density at radius 3 is 2.54 bits per heavy atom. The molecule has 0 unspecified atom stereocenters. The minimum Gasteiger partial charge on any atom is -0.472 e. The smallest absolute Gasteiger partial charge is 0.321 e. The first-order chi connectivity index (χ1) is 11.5. The average Bonchev–Trinajstić information content (AvgIpc) is 3.09. The number of urea groups is 1. The molecule has 1 heterocycles. The van der Waals surface area contributed by atoms with E-state index in [9.17, 15) is 9.59 Å². The van der Waals surface area contributed by atoms with Crippen molar-refractivity contribution in [1.82, 2.24) is 4.90 Å². The molecule has 6 heteroatoms. The first kappa shape index (κ1) is 17.6. The van der Waals surface area contributed by atoms with Gasteiger partial charge in [-0.25, -0.2) is 4.79 Å². The Kier molecular flexibility index (Phi) is 6.01. The molecule has 1 aromatic heterocycles. The fraction of sp³-hybridized carbons (Fsp3) is 0.333. The zero-order valence-corrected chi connectivity index (χ0v) is 14.2. The average molecular weight is 329 g/mol. The number of hydrogen-bond acceptors (Lipinski definition) is 3. The zero-order valence-electron chi connectivity index (χ0n) is 14.2. The Hall–Kier alpha value is -2.76. The van der Waals surface area contributed by atoms with E-state index < -0.39 is 0 Å². The van der Waals surface area contributed by atoms with E-state index in [1.54, 1.807) is 42.3 Å². The van der Waals surface area contributed by atoms with Gasteiger partial charge in [0.15, 0.2) is 0 Å². The van der Waals surface area contributed by atoms with Gasteiger partial charge in [-0.1, -0.05) is 26.3 Å². The van der Waals surface area contributed by atoms with Crippen LogP contribution in [-0.2, 0) is 0 Å². The lowest BCUT2D eigenvalue weighted by molar-refractivity contribution is 0.102. The lowest BCUT2D eigenvalue weighted by Crippen LogP contribution is -2.34. The molecule has 1 aromatic carbocycles. The third kappa shape index (κ3) is 4.87. The fourth-order valence-corrected chi connectivity index (χ4v) is 2.17. The molecule has 24 heavy (non-hydrogen) atoms. The van der Waals surface area contributed by atoms with Gasteiger partial charge in [0.25, 0.3) is 5.91 Å². The number of rotatable bonds is 6. The largest absolute Gasteiger partial charge is 0.472 e. The lowest BCUT2D eigenvalue weighted by atomic mass is 10.1. The van der Waals surface area contributed by atoms with Crippen LogP contribution in [0, 0.1) is 5.92 Å². The highest BCUT2D eigenvalue weighted by atomic mass is 16.3. The van der Waals surface area contributed by atoms with Crippen molar-refractivity contribution in [3.63, 3.8) is 0 Å². The Morgan fingerprint density at radius 1 is 1.21 bits per heavy atom. The molecule has 0 fully saturated rings. The van der Waals surface area contributed by atoms with Crippen molar-refractivity contribution < 1.29 is 14.0 Å². The maximum atomic E-state index is 12.2. The van der Waals surface area contributed by atoms with Gasteiger partial charge < -0.3 is 20.0 Å². The summed E-state index contributed by atoms with van der Waals surface area (Å²) in [6, 6.07) is 8.44. The predicted octanol–water partition coefficient (Wildman–Crippen LogP) is 4.04. The van der Waals surface area contributed by atoms with Crippen molar-refractivity contribution in [3.05, 3.63) is 48.4 Å². The number of carbonyl (C=O) groups is 2. The Morgan fingerprint density at radius 2 is 1.92 bits per heavy atom. The summed E-state index contributed by atoms with van der Waals surface area (Å²) >= 11 is 0. The highest BCUT2D eigenvalue weighted by Crippen LogP contribution is 2.17. The summed E-state index contributed by atoms with van der Waals surface area (Å²) in [4.78, 5) is 25.9. The standard InChI is InChI=1S/C18H23N3O3/c1-4-13(2)11-21(3)18(23)20-16-7-5-6-15(10-16)19-17(22)14-8-9-24-12-14/h5-10,12-13H,4,11H2,1-3H3,(H,19,22)(H,20,23)/t13-/m0/s1. The summed E-state index contributed by atoms with van der Waals surface area (Å²) < 4.78 is 4.89. The SMILES string of the molecule is CC[C@H](C)CN(C)C(=O)Nc1cccc(NC(=O)c2ccoc2)c1. The second-order valence-corrected chi connectivity index (χ2v) is 5.87. The van der Waals surface area contributed by atoms with Gasteiger partial charge in [-0.15, -0.1) is 0 Å². The number of benzene rings is 1. The highest BCUT2D eigenvalue weighted by molar-refractivity contribution is 6.04. The fourth-order valence-electron chi connectivity index (χ4n) is 2.17. The van der Waals surface area contributed by atoms with Gasteiger partial charge in [0.05, 0.1) is 11.8 Å². The number of hydrogen-bond donors (Lipinski definition) is 2. The maximum absolute atomic E-state index is 12.2. The molecule has 0 aliphatic carbocycles. The van der Waals surface area contributed by atoms with Crippen molar-refractivity contribution >= 4 is 23.3 Å². The molecule has 0 radical (unpaired) electrons. The summed E-state index contributed by atoms with van der Waals surface area (Å²) in [5.41, 5.74) is 1.67. The molecule has 2 rings (SSSR count). The second-order valence-electron chi connectivity index (χ2n) is 5.87. The Balaban J connectivity index is 1.97. The van der Waals surface area contributed by atoms with Crippen LogP contribution in [0.25, 0.3) is 0 Å². The molecule has 0 spiro atoms. The molecule has 0 saturated heterocycles. The molecule has 1 atom stereocenters. The first-order valence-electron chi connectivity index (χ1n) is 7.95. The van der Waals surface area contributed by atoms with Crippen molar-refractivity contribution in [2.75, 3.05) is 24.2 Å². The summed E-state index contributed by atoms with van der Waals surface area (Å²) in [6.45, 7) is 4.90. The highest BCUT2D eigenvalue weighted by Gasteiger charge is 2.12. The molecular weight excluding hydrogens is 306 g/mol. The van der Waals surface area contributed by atoms with E-state index in [2.05, 4.69) is 24.5 Å². The molecule has 2 N–H and O–H groups in total. The monoisotopic (exact) mass is 329 g/mol. The van der Waals surface area contributed by atoms with E-state index in [0.29, 0.717) is 29.4 Å². The van der Waals surface area contributed by atoms with Crippen LogP contribution in [0.5, 0.6) is 0 Å². The van der Waals surface area contributed by atoms with Crippen LogP contribution in [0.4, 0.5) is 16.2 Å². The van der Waals surface area contributed by atoms with Gasteiger partial charge >= 0.3 is 6.03 Å². The van der Waals surface area contributed by atoms with E-state index in [-0.39, 0.29) is 11.9 Å². The molecule has 2 aromatic rings. The molecule has 0 saturated carbocycles. The van der Waals surface area contributed by atoms with Crippen LogP contribution < -0.4 is 10.6 Å². The molecule has 0 bridgehead atoms. The number of nitrogens with one attached hydrogen (secondary N) is 2. The van der Waals surface area contributed by atoms with Crippen LogP contribution in [-0.4, -0.2) is 30.4 Å². The third-order valence-corrected chi connectivity index (χ3v) is 3.78. The number of carbonyl (C=O) groups excluding carboxylic acids is 2. The van der Waals surface area contributed by atoms with E-state index in [0.717, 1.165) is 6.42 Å². The van der Waals surface area contributed by atoms with Gasteiger partial charge in [-0.05, 0) is 30.2 Å². The van der Waals surface area contributed by atoms with Gasteiger partial charge in [0.1, 0.15) is 6.26 Å². The van der Waals surface area contributed by atoms with Crippen molar-refractivity contribution in [2.24, 2.45) is 5.92 Å². The van der Waals surface area contributed by atoms with Gasteiger partial charge in [0, 0.05) is 25.0 Å². The van der Waals surface area contributed by atoms with Gasteiger partial charge in [0.2, 0.25) is 0 Å².